The first kappa shape index (κ1) is 22.1. The number of hydrogen-bond acceptors (Lipinski definition) is 4. The number of ether oxygens (including phenoxy) is 2. The second kappa shape index (κ2) is 9.47. The second-order valence-electron chi connectivity index (χ2n) is 6.97. The Hall–Kier alpha value is -2.61. The number of piperazine rings is 1. The Bertz CT molecular complexity index is 958. The Morgan fingerprint density at radius 3 is 2.17 bits per heavy atom. The van der Waals surface area contributed by atoms with Crippen molar-refractivity contribution in [3.8, 4) is 11.5 Å². The lowest BCUT2D eigenvalue weighted by atomic mass is 10.1. The fraction of sp³-hybridized carbons (Fsp3) is 0.364. The molecule has 0 spiro atoms. The van der Waals surface area contributed by atoms with Gasteiger partial charge in [-0.25, -0.2) is 4.39 Å². The van der Waals surface area contributed by atoms with Crippen LogP contribution in [0.25, 0.3) is 0 Å². The van der Waals surface area contributed by atoms with Crippen molar-refractivity contribution in [2.24, 2.45) is 0 Å². The van der Waals surface area contributed by atoms with Gasteiger partial charge in [-0.3, -0.25) is 9.59 Å². The molecule has 3 rings (SSSR count). The Morgan fingerprint density at radius 2 is 1.63 bits per heavy atom. The first-order valence-corrected chi connectivity index (χ1v) is 10.5. The topological polar surface area (TPSA) is 59.1 Å². The van der Waals surface area contributed by atoms with E-state index in [0.717, 1.165) is 0 Å². The number of carbonyl (C=O) groups is 2. The van der Waals surface area contributed by atoms with Gasteiger partial charge in [-0.15, -0.1) is 0 Å². The summed E-state index contributed by atoms with van der Waals surface area (Å²) in [6.07, 6.45) is 0. The molecule has 1 heterocycles. The standard InChI is InChI=1S/C22H24BrFN2O4/c1-4-30-20-17(23)11-16(13-19(20)29-3)22(28)26-9-7-25(8-10-26)21(27)15-6-5-14(2)18(24)12-15/h5-6,11-13H,4,7-10H2,1-3H3. The Morgan fingerprint density at radius 1 is 1.03 bits per heavy atom. The zero-order valence-electron chi connectivity index (χ0n) is 17.2. The van der Waals surface area contributed by atoms with Crippen molar-refractivity contribution in [2.45, 2.75) is 13.8 Å². The van der Waals surface area contributed by atoms with Crippen molar-refractivity contribution in [3.05, 3.63) is 57.3 Å². The fourth-order valence-electron chi connectivity index (χ4n) is 3.33. The third-order valence-electron chi connectivity index (χ3n) is 5.04. The van der Waals surface area contributed by atoms with E-state index >= 15 is 0 Å². The number of methoxy groups -OCH3 is 1. The molecular weight excluding hydrogens is 455 g/mol. The van der Waals surface area contributed by atoms with Crippen LogP contribution in [0.3, 0.4) is 0 Å². The summed E-state index contributed by atoms with van der Waals surface area (Å²) in [5, 5.41) is 0. The summed E-state index contributed by atoms with van der Waals surface area (Å²) in [5.41, 5.74) is 1.29. The van der Waals surface area contributed by atoms with Crippen LogP contribution in [0, 0.1) is 12.7 Å². The molecule has 2 aromatic rings. The van der Waals surface area contributed by atoms with E-state index in [0.29, 0.717) is 65.4 Å². The smallest absolute Gasteiger partial charge is 0.254 e. The van der Waals surface area contributed by atoms with Gasteiger partial charge in [0, 0.05) is 37.3 Å². The highest BCUT2D eigenvalue weighted by molar-refractivity contribution is 9.10. The van der Waals surface area contributed by atoms with E-state index in [1.807, 2.05) is 6.92 Å². The molecular formula is C22H24BrFN2O4. The van der Waals surface area contributed by atoms with E-state index in [-0.39, 0.29) is 11.8 Å². The number of nitrogens with zero attached hydrogens (tertiary/aromatic N) is 2. The maximum absolute atomic E-state index is 13.8. The highest BCUT2D eigenvalue weighted by atomic mass is 79.9. The monoisotopic (exact) mass is 478 g/mol. The summed E-state index contributed by atoms with van der Waals surface area (Å²) in [6.45, 7) is 5.56. The molecule has 0 aliphatic carbocycles. The van der Waals surface area contributed by atoms with Crippen molar-refractivity contribution in [1.82, 2.24) is 9.80 Å². The molecule has 0 radical (unpaired) electrons. The third kappa shape index (κ3) is 4.59. The molecule has 0 unspecified atom stereocenters. The van der Waals surface area contributed by atoms with Crippen LogP contribution in [-0.2, 0) is 0 Å². The van der Waals surface area contributed by atoms with Crippen LogP contribution in [0.1, 0.15) is 33.2 Å². The van der Waals surface area contributed by atoms with Crippen LogP contribution < -0.4 is 9.47 Å². The minimum absolute atomic E-state index is 0.148. The maximum atomic E-state index is 13.8. The van der Waals surface area contributed by atoms with Gasteiger partial charge in [0.1, 0.15) is 5.82 Å². The zero-order valence-corrected chi connectivity index (χ0v) is 18.8. The Labute approximate surface area is 183 Å². The molecule has 2 amide bonds. The van der Waals surface area contributed by atoms with Gasteiger partial charge in [0.05, 0.1) is 18.2 Å². The molecule has 30 heavy (non-hydrogen) atoms. The minimum Gasteiger partial charge on any atom is -0.493 e. The van der Waals surface area contributed by atoms with Gasteiger partial charge in [-0.05, 0) is 59.6 Å². The highest BCUT2D eigenvalue weighted by Crippen LogP contribution is 2.37. The van der Waals surface area contributed by atoms with Crippen molar-refractivity contribution in [1.29, 1.82) is 0 Å². The zero-order chi connectivity index (χ0) is 21.8. The quantitative estimate of drug-likeness (QED) is 0.653. The predicted octanol–water partition coefficient (Wildman–Crippen LogP) is 3.90. The van der Waals surface area contributed by atoms with Gasteiger partial charge >= 0.3 is 0 Å². The van der Waals surface area contributed by atoms with Crippen molar-refractivity contribution >= 4 is 27.7 Å². The van der Waals surface area contributed by atoms with Gasteiger partial charge in [-0.1, -0.05) is 6.07 Å². The lowest BCUT2D eigenvalue weighted by Gasteiger charge is -2.35. The Kier molecular flexibility index (Phi) is 6.97. The summed E-state index contributed by atoms with van der Waals surface area (Å²) in [4.78, 5) is 29.0. The molecule has 0 atom stereocenters. The minimum atomic E-state index is -0.398. The molecule has 2 aromatic carbocycles. The largest absolute Gasteiger partial charge is 0.493 e. The van der Waals surface area contributed by atoms with Crippen LogP contribution in [0.5, 0.6) is 11.5 Å². The first-order chi connectivity index (χ1) is 14.3. The Balaban J connectivity index is 1.68. The van der Waals surface area contributed by atoms with Gasteiger partial charge < -0.3 is 19.3 Å². The normalized spacial score (nSPS) is 13.9. The summed E-state index contributed by atoms with van der Waals surface area (Å²) in [6, 6.07) is 7.85. The number of aryl methyl sites for hydroxylation is 1. The molecule has 1 fully saturated rings. The highest BCUT2D eigenvalue weighted by Gasteiger charge is 2.27. The lowest BCUT2D eigenvalue weighted by molar-refractivity contribution is 0.0535. The van der Waals surface area contributed by atoms with Crippen molar-refractivity contribution < 1.29 is 23.5 Å². The van der Waals surface area contributed by atoms with Crippen LogP contribution in [0.2, 0.25) is 0 Å². The van der Waals surface area contributed by atoms with E-state index in [2.05, 4.69) is 15.9 Å². The molecule has 8 heteroatoms. The number of amides is 2. The molecule has 0 N–H and O–H groups in total. The van der Waals surface area contributed by atoms with E-state index in [1.165, 1.54) is 13.2 Å². The molecule has 160 valence electrons. The number of carbonyl (C=O) groups excluding carboxylic acids is 2. The molecule has 1 saturated heterocycles. The van der Waals surface area contributed by atoms with Gasteiger partial charge in [0.2, 0.25) is 0 Å². The van der Waals surface area contributed by atoms with Crippen LogP contribution in [-0.4, -0.2) is 61.5 Å². The van der Waals surface area contributed by atoms with Gasteiger partial charge in [0.25, 0.3) is 11.8 Å². The first-order valence-electron chi connectivity index (χ1n) is 9.70. The number of benzene rings is 2. The number of rotatable bonds is 5. The lowest BCUT2D eigenvalue weighted by Crippen LogP contribution is -2.50. The second-order valence-corrected chi connectivity index (χ2v) is 7.83. The van der Waals surface area contributed by atoms with Gasteiger partial charge in [-0.2, -0.15) is 0 Å². The summed E-state index contributed by atoms with van der Waals surface area (Å²) in [7, 11) is 1.52. The molecule has 1 aliphatic rings. The van der Waals surface area contributed by atoms with Crippen molar-refractivity contribution in [3.63, 3.8) is 0 Å². The maximum Gasteiger partial charge on any atom is 0.254 e. The number of hydrogen-bond donors (Lipinski definition) is 0. The van der Waals surface area contributed by atoms with E-state index in [1.54, 1.807) is 41.0 Å². The summed E-state index contributed by atoms with van der Waals surface area (Å²) < 4.78 is 25.4. The molecule has 0 aromatic heterocycles. The van der Waals surface area contributed by atoms with E-state index < -0.39 is 5.82 Å². The van der Waals surface area contributed by atoms with Crippen LogP contribution in [0.4, 0.5) is 4.39 Å². The average Bonchev–Trinajstić information content (AvgIpc) is 2.76. The molecule has 0 bridgehead atoms. The van der Waals surface area contributed by atoms with Crippen molar-refractivity contribution in [2.75, 3.05) is 39.9 Å². The van der Waals surface area contributed by atoms with Crippen LogP contribution in [0.15, 0.2) is 34.8 Å². The summed E-state index contributed by atoms with van der Waals surface area (Å²) in [5.74, 6) is 0.253. The van der Waals surface area contributed by atoms with E-state index in [9.17, 15) is 14.0 Å². The van der Waals surface area contributed by atoms with E-state index in [4.69, 9.17) is 9.47 Å². The molecule has 0 saturated carbocycles. The average molecular weight is 479 g/mol. The third-order valence-corrected chi connectivity index (χ3v) is 5.63. The predicted molar refractivity (Wildman–Crippen MR) is 115 cm³/mol. The number of halogens is 2. The molecule has 1 aliphatic heterocycles. The molecule has 6 nitrogen and oxygen atoms in total. The summed E-state index contributed by atoms with van der Waals surface area (Å²) >= 11 is 3.44. The van der Waals surface area contributed by atoms with Crippen LogP contribution >= 0.6 is 15.9 Å². The fourth-order valence-corrected chi connectivity index (χ4v) is 3.89. The van der Waals surface area contributed by atoms with Gasteiger partial charge in [0.15, 0.2) is 11.5 Å². The SMILES string of the molecule is CCOc1c(Br)cc(C(=O)N2CCN(C(=O)c3ccc(C)c(F)c3)CC2)cc1OC.